The van der Waals surface area contributed by atoms with E-state index < -0.39 is 0 Å². The van der Waals surface area contributed by atoms with Gasteiger partial charge < -0.3 is 5.32 Å². The summed E-state index contributed by atoms with van der Waals surface area (Å²) in [6, 6.07) is 6.26. The van der Waals surface area contributed by atoms with Crippen LogP contribution in [0.25, 0.3) is 0 Å². The van der Waals surface area contributed by atoms with Crippen molar-refractivity contribution in [2.75, 3.05) is 13.6 Å². The lowest BCUT2D eigenvalue weighted by Crippen LogP contribution is -2.38. The van der Waals surface area contributed by atoms with Crippen molar-refractivity contribution in [1.82, 2.24) is 10.3 Å². The first kappa shape index (κ1) is 14.2. The number of hydrazone groups is 1. The number of nitrogens with zero attached hydrogens (tertiary/aromatic N) is 2. The molecule has 0 fully saturated rings. The van der Waals surface area contributed by atoms with Crippen molar-refractivity contribution >= 4 is 17.5 Å². The minimum atomic E-state index is -0.286. The first-order valence-corrected chi connectivity index (χ1v) is 6.43. The monoisotopic (exact) mass is 277 g/mol. The standard InChI is InChI=1S/C14H16FN3O2/c1-18-13(19)6-5-12(17-18)14(20)16-8-7-10-3-2-4-11(15)9-10/h2-4,9H,5-8H2,1H3,(H,16,20). The van der Waals surface area contributed by atoms with E-state index in [1.54, 1.807) is 12.1 Å². The van der Waals surface area contributed by atoms with E-state index in [2.05, 4.69) is 10.4 Å². The van der Waals surface area contributed by atoms with Crippen LogP contribution in [0.1, 0.15) is 18.4 Å². The number of rotatable bonds is 4. The molecule has 5 nitrogen and oxygen atoms in total. The largest absolute Gasteiger partial charge is 0.351 e. The van der Waals surface area contributed by atoms with E-state index in [9.17, 15) is 14.0 Å². The summed E-state index contributed by atoms with van der Waals surface area (Å²) in [5, 5.41) is 7.84. The van der Waals surface area contributed by atoms with Crippen LogP contribution in [-0.4, -0.2) is 36.1 Å². The fraction of sp³-hybridized carbons (Fsp3) is 0.357. The van der Waals surface area contributed by atoms with Crippen molar-refractivity contribution in [3.63, 3.8) is 0 Å². The molecular weight excluding hydrogens is 261 g/mol. The van der Waals surface area contributed by atoms with Gasteiger partial charge in [0, 0.05) is 26.4 Å². The summed E-state index contributed by atoms with van der Waals surface area (Å²) in [6.45, 7) is 0.402. The van der Waals surface area contributed by atoms with E-state index in [-0.39, 0.29) is 17.6 Å². The highest BCUT2D eigenvalue weighted by molar-refractivity contribution is 6.39. The molecule has 20 heavy (non-hydrogen) atoms. The molecule has 1 aliphatic heterocycles. The van der Waals surface area contributed by atoms with Crippen LogP contribution < -0.4 is 5.32 Å². The predicted molar refractivity (Wildman–Crippen MR) is 72.6 cm³/mol. The summed E-state index contributed by atoms with van der Waals surface area (Å²) in [5.41, 5.74) is 1.18. The van der Waals surface area contributed by atoms with Crippen molar-refractivity contribution in [3.8, 4) is 0 Å². The summed E-state index contributed by atoms with van der Waals surface area (Å²) in [7, 11) is 1.53. The molecule has 0 atom stereocenters. The Morgan fingerprint density at radius 1 is 1.45 bits per heavy atom. The van der Waals surface area contributed by atoms with Crippen molar-refractivity contribution in [1.29, 1.82) is 0 Å². The van der Waals surface area contributed by atoms with Crippen LogP contribution in [0.5, 0.6) is 0 Å². The van der Waals surface area contributed by atoms with E-state index in [1.165, 1.54) is 24.2 Å². The third kappa shape index (κ3) is 3.63. The van der Waals surface area contributed by atoms with E-state index in [1.807, 2.05) is 0 Å². The molecule has 6 heteroatoms. The Morgan fingerprint density at radius 3 is 2.95 bits per heavy atom. The second-order valence-electron chi connectivity index (χ2n) is 4.60. The molecule has 0 aromatic heterocycles. The van der Waals surface area contributed by atoms with Gasteiger partial charge in [0.2, 0.25) is 5.91 Å². The zero-order valence-corrected chi connectivity index (χ0v) is 11.2. The molecule has 0 bridgehead atoms. The summed E-state index contributed by atoms with van der Waals surface area (Å²) < 4.78 is 13.0. The van der Waals surface area contributed by atoms with Crippen molar-refractivity contribution < 1.29 is 14.0 Å². The molecule has 0 unspecified atom stereocenters. The maximum absolute atomic E-state index is 13.0. The van der Waals surface area contributed by atoms with Crippen molar-refractivity contribution in [3.05, 3.63) is 35.6 Å². The highest BCUT2D eigenvalue weighted by Crippen LogP contribution is 2.07. The van der Waals surface area contributed by atoms with E-state index in [0.717, 1.165) is 5.56 Å². The van der Waals surface area contributed by atoms with Crippen LogP contribution in [-0.2, 0) is 16.0 Å². The van der Waals surface area contributed by atoms with Gasteiger partial charge in [-0.1, -0.05) is 12.1 Å². The third-order valence-electron chi connectivity index (χ3n) is 3.06. The van der Waals surface area contributed by atoms with Gasteiger partial charge in [-0.2, -0.15) is 5.10 Å². The summed E-state index contributed by atoms with van der Waals surface area (Å²) >= 11 is 0. The second kappa shape index (κ2) is 6.27. The average Bonchev–Trinajstić information content (AvgIpc) is 2.42. The molecule has 1 aromatic rings. The Balaban J connectivity index is 1.84. The first-order valence-electron chi connectivity index (χ1n) is 6.43. The van der Waals surface area contributed by atoms with Crippen LogP contribution >= 0.6 is 0 Å². The van der Waals surface area contributed by atoms with Gasteiger partial charge in [0.15, 0.2) is 0 Å². The summed E-state index contributed by atoms with van der Waals surface area (Å²) in [6.07, 6.45) is 1.20. The fourth-order valence-electron chi connectivity index (χ4n) is 1.95. The lowest BCUT2D eigenvalue weighted by molar-refractivity contribution is -0.130. The van der Waals surface area contributed by atoms with Crippen LogP contribution in [0.3, 0.4) is 0 Å². The van der Waals surface area contributed by atoms with Crippen LogP contribution in [0, 0.1) is 5.82 Å². The lowest BCUT2D eigenvalue weighted by Gasteiger charge is -2.18. The zero-order chi connectivity index (χ0) is 14.5. The third-order valence-corrected chi connectivity index (χ3v) is 3.06. The Hall–Kier alpha value is -2.24. The average molecular weight is 277 g/mol. The van der Waals surface area contributed by atoms with E-state index >= 15 is 0 Å². The SMILES string of the molecule is CN1N=C(C(=O)NCCc2cccc(F)c2)CCC1=O. The lowest BCUT2D eigenvalue weighted by atomic mass is 10.1. The number of carbonyl (C=O) groups excluding carboxylic acids is 2. The van der Waals surface area contributed by atoms with Gasteiger partial charge in [0.1, 0.15) is 11.5 Å². The maximum Gasteiger partial charge on any atom is 0.267 e. The zero-order valence-electron chi connectivity index (χ0n) is 11.2. The van der Waals surface area contributed by atoms with Gasteiger partial charge in [0.05, 0.1) is 0 Å². The molecule has 106 valence electrons. The van der Waals surface area contributed by atoms with Crippen molar-refractivity contribution in [2.24, 2.45) is 5.10 Å². The number of hydrogen-bond donors (Lipinski definition) is 1. The quantitative estimate of drug-likeness (QED) is 0.895. The molecule has 1 N–H and O–H groups in total. The first-order chi connectivity index (χ1) is 9.56. The van der Waals surface area contributed by atoms with Crippen LogP contribution in [0.4, 0.5) is 4.39 Å². The van der Waals surface area contributed by atoms with Gasteiger partial charge in [-0.25, -0.2) is 9.40 Å². The minimum absolute atomic E-state index is 0.0960. The topological polar surface area (TPSA) is 61.8 Å². The Bertz CT molecular complexity index is 557. The molecule has 2 rings (SSSR count). The van der Waals surface area contributed by atoms with Gasteiger partial charge in [-0.3, -0.25) is 9.59 Å². The number of carbonyl (C=O) groups is 2. The second-order valence-corrected chi connectivity index (χ2v) is 4.60. The highest BCUT2D eigenvalue weighted by Gasteiger charge is 2.21. The number of nitrogens with one attached hydrogen (secondary N) is 1. The van der Waals surface area contributed by atoms with E-state index in [4.69, 9.17) is 0 Å². The number of amides is 2. The van der Waals surface area contributed by atoms with Gasteiger partial charge >= 0.3 is 0 Å². The predicted octanol–water partition coefficient (Wildman–Crippen LogP) is 1.09. The molecule has 1 aromatic carbocycles. The molecule has 2 amide bonds. The van der Waals surface area contributed by atoms with Gasteiger partial charge in [-0.15, -0.1) is 0 Å². The highest BCUT2D eigenvalue weighted by atomic mass is 19.1. The Labute approximate surface area is 116 Å². The molecule has 0 spiro atoms. The molecular formula is C14H16FN3O2. The number of hydrogen-bond acceptors (Lipinski definition) is 3. The Kier molecular flexibility index (Phi) is 4.45. The molecule has 0 aliphatic carbocycles. The maximum atomic E-state index is 13.0. The summed E-state index contributed by atoms with van der Waals surface area (Å²) in [4.78, 5) is 23.1. The number of benzene rings is 1. The molecule has 0 saturated heterocycles. The molecule has 0 saturated carbocycles. The summed E-state index contributed by atoms with van der Waals surface area (Å²) in [5.74, 6) is -0.660. The minimum Gasteiger partial charge on any atom is -0.351 e. The van der Waals surface area contributed by atoms with Crippen molar-refractivity contribution in [2.45, 2.75) is 19.3 Å². The Morgan fingerprint density at radius 2 is 2.25 bits per heavy atom. The van der Waals surface area contributed by atoms with E-state index in [0.29, 0.717) is 31.5 Å². The number of halogens is 1. The fourth-order valence-corrected chi connectivity index (χ4v) is 1.95. The molecule has 0 radical (unpaired) electrons. The van der Waals surface area contributed by atoms with Gasteiger partial charge in [-0.05, 0) is 24.1 Å². The van der Waals surface area contributed by atoms with Crippen LogP contribution in [0.2, 0.25) is 0 Å². The smallest absolute Gasteiger partial charge is 0.267 e. The van der Waals surface area contributed by atoms with Crippen LogP contribution in [0.15, 0.2) is 29.4 Å². The normalized spacial score (nSPS) is 15.0. The van der Waals surface area contributed by atoms with Gasteiger partial charge in [0.25, 0.3) is 5.91 Å². The molecule has 1 heterocycles. The molecule has 1 aliphatic rings.